The molecule has 0 aliphatic carbocycles. The fourth-order valence-corrected chi connectivity index (χ4v) is 1.70. The van der Waals surface area contributed by atoms with Crippen LogP contribution in [0.25, 0.3) is 0 Å². The van der Waals surface area contributed by atoms with E-state index in [9.17, 15) is 4.39 Å². The fourth-order valence-electron chi connectivity index (χ4n) is 1.70. The smallest absolute Gasteiger partial charge is 0.218 e. The number of aryl methyl sites for hydroxylation is 1. The number of pyridine rings is 1. The average molecular weight is 262 g/mol. The van der Waals surface area contributed by atoms with Gasteiger partial charge in [0.25, 0.3) is 0 Å². The number of hydrogen-bond donors (Lipinski definition) is 1. The third-order valence-corrected chi connectivity index (χ3v) is 2.69. The van der Waals surface area contributed by atoms with Crippen molar-refractivity contribution in [3.05, 3.63) is 41.7 Å². The summed E-state index contributed by atoms with van der Waals surface area (Å²) >= 11 is 0. The maximum Gasteiger partial charge on any atom is 0.218 e. The average Bonchev–Trinajstić information content (AvgIpc) is 2.46. The Morgan fingerprint density at radius 2 is 2.16 bits per heavy atom. The van der Waals surface area contributed by atoms with E-state index in [-0.39, 0.29) is 5.82 Å². The lowest BCUT2D eigenvalue weighted by molar-refractivity contribution is 0.393. The number of ether oxygens (including phenoxy) is 1. The summed E-state index contributed by atoms with van der Waals surface area (Å²) in [4.78, 5) is 11.9. The highest BCUT2D eigenvalue weighted by Crippen LogP contribution is 2.17. The van der Waals surface area contributed by atoms with Crippen LogP contribution in [0.2, 0.25) is 0 Å². The first-order valence-corrected chi connectivity index (χ1v) is 5.97. The van der Waals surface area contributed by atoms with Gasteiger partial charge in [-0.25, -0.2) is 19.3 Å². The van der Waals surface area contributed by atoms with Crippen LogP contribution in [0.3, 0.4) is 0 Å². The molecule has 0 fully saturated rings. The lowest BCUT2D eigenvalue weighted by Crippen LogP contribution is -2.08. The first kappa shape index (κ1) is 13.2. The third-order valence-electron chi connectivity index (χ3n) is 2.69. The molecule has 100 valence electrons. The molecular formula is C13H15FN4O. The molecule has 6 heteroatoms. The topological polar surface area (TPSA) is 59.9 Å². The van der Waals surface area contributed by atoms with E-state index in [0.29, 0.717) is 24.5 Å². The number of hydrogen-bond acceptors (Lipinski definition) is 5. The molecule has 0 aromatic carbocycles. The molecule has 0 aliphatic heterocycles. The summed E-state index contributed by atoms with van der Waals surface area (Å²) in [5.41, 5.74) is 1.23. The van der Waals surface area contributed by atoms with E-state index < -0.39 is 5.82 Å². The second kappa shape index (κ2) is 6.08. The molecule has 2 aromatic rings. The maximum atomic E-state index is 13.9. The Morgan fingerprint density at radius 3 is 2.89 bits per heavy atom. The zero-order valence-corrected chi connectivity index (χ0v) is 10.9. The Labute approximate surface area is 110 Å². The molecule has 2 heterocycles. The number of nitrogens with one attached hydrogen (secondary N) is 1. The monoisotopic (exact) mass is 262 g/mol. The highest BCUT2D eigenvalue weighted by molar-refractivity contribution is 5.39. The minimum Gasteiger partial charge on any atom is -0.481 e. The molecule has 0 radical (unpaired) electrons. The summed E-state index contributed by atoms with van der Waals surface area (Å²) in [6, 6.07) is 3.66. The maximum absolute atomic E-state index is 13.9. The van der Waals surface area contributed by atoms with Crippen molar-refractivity contribution in [2.45, 2.75) is 19.9 Å². The van der Waals surface area contributed by atoms with Crippen molar-refractivity contribution < 1.29 is 9.13 Å². The van der Waals surface area contributed by atoms with E-state index in [0.717, 1.165) is 5.56 Å². The molecule has 0 aliphatic rings. The number of methoxy groups -OCH3 is 1. The van der Waals surface area contributed by atoms with Crippen LogP contribution in [-0.4, -0.2) is 22.1 Å². The van der Waals surface area contributed by atoms with Crippen molar-refractivity contribution in [2.75, 3.05) is 12.4 Å². The van der Waals surface area contributed by atoms with Gasteiger partial charge >= 0.3 is 0 Å². The Morgan fingerprint density at radius 1 is 1.32 bits per heavy atom. The van der Waals surface area contributed by atoms with Crippen molar-refractivity contribution >= 4 is 5.82 Å². The van der Waals surface area contributed by atoms with Gasteiger partial charge in [0.1, 0.15) is 6.33 Å². The van der Waals surface area contributed by atoms with E-state index in [1.807, 2.05) is 13.0 Å². The first-order chi connectivity index (χ1) is 9.26. The lowest BCUT2D eigenvalue weighted by Gasteiger charge is -2.10. The molecule has 2 rings (SSSR count). The van der Waals surface area contributed by atoms with Crippen LogP contribution >= 0.6 is 0 Å². The van der Waals surface area contributed by atoms with Crippen molar-refractivity contribution in [1.82, 2.24) is 15.0 Å². The van der Waals surface area contributed by atoms with Gasteiger partial charge in [0.2, 0.25) is 5.88 Å². The Hall–Kier alpha value is -2.24. The predicted molar refractivity (Wildman–Crippen MR) is 69.5 cm³/mol. The number of aromatic nitrogens is 3. The van der Waals surface area contributed by atoms with Crippen molar-refractivity contribution in [2.24, 2.45) is 0 Å². The van der Waals surface area contributed by atoms with Crippen molar-refractivity contribution in [3.63, 3.8) is 0 Å². The predicted octanol–water partition coefficient (Wildman–Crippen LogP) is 2.19. The van der Waals surface area contributed by atoms with Gasteiger partial charge < -0.3 is 10.1 Å². The van der Waals surface area contributed by atoms with Gasteiger partial charge in [0.05, 0.1) is 12.8 Å². The van der Waals surface area contributed by atoms with Crippen LogP contribution in [0.5, 0.6) is 5.88 Å². The van der Waals surface area contributed by atoms with E-state index >= 15 is 0 Å². The summed E-state index contributed by atoms with van der Waals surface area (Å²) in [5.74, 6) is 0.297. The number of halogens is 1. The van der Waals surface area contributed by atoms with Gasteiger partial charge in [-0.05, 0) is 12.5 Å². The quantitative estimate of drug-likeness (QED) is 0.895. The van der Waals surface area contributed by atoms with Crippen LogP contribution in [0.15, 0.2) is 24.7 Å². The minimum absolute atomic E-state index is 0.192. The van der Waals surface area contributed by atoms with Gasteiger partial charge in [-0.15, -0.1) is 0 Å². The highest BCUT2D eigenvalue weighted by atomic mass is 19.1. The van der Waals surface area contributed by atoms with Crippen LogP contribution in [0, 0.1) is 5.82 Å². The third kappa shape index (κ3) is 2.96. The second-order valence-electron chi connectivity index (χ2n) is 3.86. The molecule has 0 bridgehead atoms. The van der Waals surface area contributed by atoms with E-state index in [2.05, 4.69) is 20.3 Å². The summed E-state index contributed by atoms with van der Waals surface area (Å²) in [7, 11) is 1.55. The molecule has 0 spiro atoms. The number of anilines is 1. The standard InChI is InChI=1S/C13H15FN4O/c1-3-10-11(14)12(18-8-17-10)16-7-9-5-4-6-15-13(9)19-2/h4-6,8H,3,7H2,1-2H3,(H,16,17,18). The van der Waals surface area contributed by atoms with Gasteiger partial charge in [0.15, 0.2) is 11.6 Å². The number of rotatable bonds is 5. The molecule has 0 unspecified atom stereocenters. The summed E-state index contributed by atoms with van der Waals surface area (Å²) < 4.78 is 19.1. The largest absolute Gasteiger partial charge is 0.481 e. The normalized spacial score (nSPS) is 10.3. The zero-order chi connectivity index (χ0) is 13.7. The summed E-state index contributed by atoms with van der Waals surface area (Å²) in [6.45, 7) is 2.23. The van der Waals surface area contributed by atoms with Crippen molar-refractivity contribution in [1.29, 1.82) is 0 Å². The van der Waals surface area contributed by atoms with Gasteiger partial charge in [-0.1, -0.05) is 13.0 Å². The molecule has 0 saturated heterocycles. The van der Waals surface area contributed by atoms with E-state index in [4.69, 9.17) is 4.74 Å². The van der Waals surface area contributed by atoms with Crippen LogP contribution in [0.4, 0.5) is 10.2 Å². The Balaban J connectivity index is 2.15. The molecule has 0 atom stereocenters. The Bertz CT molecular complexity index is 562. The summed E-state index contributed by atoms with van der Waals surface area (Å²) in [5, 5.41) is 2.93. The molecule has 19 heavy (non-hydrogen) atoms. The molecule has 0 saturated carbocycles. The molecular weight excluding hydrogens is 247 g/mol. The second-order valence-corrected chi connectivity index (χ2v) is 3.86. The molecule has 0 amide bonds. The highest BCUT2D eigenvalue weighted by Gasteiger charge is 2.10. The van der Waals surface area contributed by atoms with Gasteiger partial charge in [0, 0.05) is 18.3 Å². The zero-order valence-electron chi connectivity index (χ0n) is 10.9. The minimum atomic E-state index is -0.409. The lowest BCUT2D eigenvalue weighted by atomic mass is 10.2. The number of nitrogens with zero attached hydrogens (tertiary/aromatic N) is 3. The van der Waals surface area contributed by atoms with Crippen molar-refractivity contribution in [3.8, 4) is 5.88 Å². The molecule has 2 aromatic heterocycles. The van der Waals surface area contributed by atoms with E-state index in [1.165, 1.54) is 6.33 Å². The van der Waals surface area contributed by atoms with Gasteiger partial charge in [-0.3, -0.25) is 0 Å². The first-order valence-electron chi connectivity index (χ1n) is 5.97. The Kier molecular flexibility index (Phi) is 4.22. The molecule has 1 N–H and O–H groups in total. The molecule has 5 nitrogen and oxygen atoms in total. The fraction of sp³-hybridized carbons (Fsp3) is 0.308. The van der Waals surface area contributed by atoms with Crippen LogP contribution in [-0.2, 0) is 13.0 Å². The van der Waals surface area contributed by atoms with E-state index in [1.54, 1.807) is 19.4 Å². The van der Waals surface area contributed by atoms with Crippen LogP contribution < -0.4 is 10.1 Å². The SMILES string of the molecule is CCc1ncnc(NCc2cccnc2OC)c1F. The van der Waals surface area contributed by atoms with Crippen LogP contribution in [0.1, 0.15) is 18.2 Å². The van der Waals surface area contributed by atoms with Gasteiger partial charge in [-0.2, -0.15) is 0 Å². The summed E-state index contributed by atoms with van der Waals surface area (Å²) in [6.07, 6.45) is 3.52.